The van der Waals surface area contributed by atoms with Crippen molar-refractivity contribution >= 4 is 16.7 Å². The zero-order valence-corrected chi connectivity index (χ0v) is 13.5. The van der Waals surface area contributed by atoms with Crippen LogP contribution < -0.4 is 15.0 Å². The van der Waals surface area contributed by atoms with Crippen LogP contribution in [-0.4, -0.2) is 24.4 Å². The van der Waals surface area contributed by atoms with Crippen LogP contribution >= 0.6 is 0 Å². The van der Waals surface area contributed by atoms with Crippen LogP contribution in [0.3, 0.4) is 0 Å². The van der Waals surface area contributed by atoms with Crippen molar-refractivity contribution in [1.82, 2.24) is 4.57 Å². The molecule has 0 bridgehead atoms. The van der Waals surface area contributed by atoms with Crippen LogP contribution in [0.15, 0.2) is 53.5 Å². The average molecular weight is 337 g/mol. The maximum Gasteiger partial charge on any atom is 0.337 e. The van der Waals surface area contributed by atoms with E-state index in [-0.39, 0.29) is 12.4 Å². The Kier molecular flexibility index (Phi) is 3.65. The van der Waals surface area contributed by atoms with Crippen molar-refractivity contribution in [2.75, 3.05) is 13.9 Å². The Morgan fingerprint density at radius 3 is 2.76 bits per heavy atom. The fourth-order valence-electron chi connectivity index (χ4n) is 2.91. The second-order valence-electron chi connectivity index (χ2n) is 5.73. The Morgan fingerprint density at radius 2 is 1.96 bits per heavy atom. The lowest BCUT2D eigenvalue weighted by Crippen LogP contribution is -2.20. The Bertz CT molecular complexity index is 1040. The topological polar surface area (TPSA) is 66.8 Å². The number of methoxy groups -OCH3 is 1. The van der Waals surface area contributed by atoms with E-state index in [1.807, 2.05) is 12.1 Å². The third-order valence-corrected chi connectivity index (χ3v) is 4.17. The molecule has 0 N–H and O–H groups in total. The molecule has 0 radical (unpaired) electrons. The second-order valence-corrected chi connectivity index (χ2v) is 5.73. The summed E-state index contributed by atoms with van der Waals surface area (Å²) in [4.78, 5) is 24.4. The zero-order valence-electron chi connectivity index (χ0n) is 13.5. The number of esters is 1. The number of hydrogen-bond donors (Lipinski definition) is 0. The van der Waals surface area contributed by atoms with Gasteiger partial charge in [0, 0.05) is 6.20 Å². The van der Waals surface area contributed by atoms with Crippen molar-refractivity contribution in [3.8, 4) is 11.5 Å². The normalized spacial score (nSPS) is 12.4. The molecule has 0 spiro atoms. The van der Waals surface area contributed by atoms with E-state index >= 15 is 0 Å². The highest BCUT2D eigenvalue weighted by Crippen LogP contribution is 2.34. The zero-order chi connectivity index (χ0) is 17.4. The van der Waals surface area contributed by atoms with E-state index in [1.54, 1.807) is 41.1 Å². The minimum atomic E-state index is -0.402. The minimum Gasteiger partial charge on any atom is -0.465 e. The van der Waals surface area contributed by atoms with Gasteiger partial charge in [-0.15, -0.1) is 0 Å². The molecule has 0 unspecified atom stereocenters. The number of nitrogens with zero attached hydrogens (tertiary/aromatic N) is 1. The van der Waals surface area contributed by atoms with Crippen LogP contribution in [-0.2, 0) is 11.3 Å². The predicted octanol–water partition coefficient (Wildman–Crippen LogP) is 2.57. The quantitative estimate of drug-likeness (QED) is 0.687. The molecular formula is C19H15NO5. The number of rotatable bonds is 3. The monoisotopic (exact) mass is 337 g/mol. The molecule has 1 aromatic heterocycles. The number of carbonyl (C=O) groups excluding carboxylic acids is 1. The van der Waals surface area contributed by atoms with Gasteiger partial charge in [0.15, 0.2) is 11.5 Å². The molecule has 0 saturated carbocycles. The van der Waals surface area contributed by atoms with Crippen molar-refractivity contribution in [2.24, 2.45) is 0 Å². The lowest BCUT2D eigenvalue weighted by atomic mass is 10.1. The third kappa shape index (κ3) is 2.71. The van der Waals surface area contributed by atoms with Gasteiger partial charge in [0.1, 0.15) is 0 Å². The first-order valence-corrected chi connectivity index (χ1v) is 7.76. The number of aromatic nitrogens is 1. The maximum atomic E-state index is 12.8. The van der Waals surface area contributed by atoms with Crippen LogP contribution in [0, 0.1) is 0 Å². The van der Waals surface area contributed by atoms with E-state index in [0.717, 1.165) is 10.9 Å². The number of pyridine rings is 1. The molecule has 2 aromatic carbocycles. The summed E-state index contributed by atoms with van der Waals surface area (Å²) < 4.78 is 17.0. The summed E-state index contributed by atoms with van der Waals surface area (Å²) in [6, 6.07) is 12.4. The van der Waals surface area contributed by atoms with E-state index in [4.69, 9.17) is 14.2 Å². The molecular weight excluding hydrogens is 322 g/mol. The summed E-state index contributed by atoms with van der Waals surface area (Å²) in [7, 11) is 1.34. The van der Waals surface area contributed by atoms with Crippen LogP contribution in [0.5, 0.6) is 11.5 Å². The van der Waals surface area contributed by atoms with E-state index < -0.39 is 5.97 Å². The average Bonchev–Trinajstić information content (AvgIpc) is 3.10. The molecule has 1 aliphatic rings. The molecule has 126 valence electrons. The highest BCUT2D eigenvalue weighted by Gasteiger charge is 2.16. The highest BCUT2D eigenvalue weighted by atomic mass is 16.7. The molecule has 0 atom stereocenters. The second kappa shape index (κ2) is 5.98. The van der Waals surface area contributed by atoms with Gasteiger partial charge < -0.3 is 18.8 Å². The highest BCUT2D eigenvalue weighted by molar-refractivity contribution is 5.89. The molecule has 1 aliphatic heterocycles. The smallest absolute Gasteiger partial charge is 0.337 e. The van der Waals surface area contributed by atoms with Crippen LogP contribution in [0.1, 0.15) is 15.9 Å². The molecule has 0 fully saturated rings. The molecule has 4 rings (SSSR count). The van der Waals surface area contributed by atoms with Crippen molar-refractivity contribution in [1.29, 1.82) is 0 Å². The number of carbonyl (C=O) groups is 1. The Balaban J connectivity index is 1.73. The molecule has 2 heterocycles. The number of hydrogen-bond acceptors (Lipinski definition) is 5. The SMILES string of the molecule is COC(=O)c1cccc(Cn2ccc3cc4c(cc3c2=O)OCO4)c1. The summed E-state index contributed by atoms with van der Waals surface area (Å²) in [5.41, 5.74) is 1.17. The first-order chi connectivity index (χ1) is 12.2. The summed E-state index contributed by atoms with van der Waals surface area (Å²) in [6.45, 7) is 0.522. The van der Waals surface area contributed by atoms with Gasteiger partial charge in [0.05, 0.1) is 24.6 Å². The molecule has 3 aromatic rings. The largest absolute Gasteiger partial charge is 0.465 e. The maximum absolute atomic E-state index is 12.8. The summed E-state index contributed by atoms with van der Waals surface area (Å²) in [5.74, 6) is 0.825. The third-order valence-electron chi connectivity index (χ3n) is 4.17. The van der Waals surface area contributed by atoms with Crippen LogP contribution in [0.4, 0.5) is 0 Å². The van der Waals surface area contributed by atoms with Gasteiger partial charge in [0.25, 0.3) is 5.56 Å². The molecule has 0 aliphatic carbocycles. The summed E-state index contributed by atoms with van der Waals surface area (Å²) in [5, 5.41) is 1.37. The predicted molar refractivity (Wildman–Crippen MR) is 91.2 cm³/mol. The van der Waals surface area contributed by atoms with E-state index in [2.05, 4.69) is 0 Å². The Labute approximate surface area is 143 Å². The first kappa shape index (κ1) is 15.3. The van der Waals surface area contributed by atoms with Gasteiger partial charge in [0.2, 0.25) is 6.79 Å². The summed E-state index contributed by atoms with van der Waals surface area (Å²) >= 11 is 0. The number of ether oxygens (including phenoxy) is 3. The van der Waals surface area contributed by atoms with E-state index in [9.17, 15) is 9.59 Å². The van der Waals surface area contributed by atoms with Gasteiger partial charge in [-0.05, 0) is 41.3 Å². The lowest BCUT2D eigenvalue weighted by Gasteiger charge is -2.09. The molecule has 0 saturated heterocycles. The fourth-order valence-corrected chi connectivity index (χ4v) is 2.91. The lowest BCUT2D eigenvalue weighted by molar-refractivity contribution is 0.0600. The van der Waals surface area contributed by atoms with Crippen LogP contribution in [0.25, 0.3) is 10.8 Å². The van der Waals surface area contributed by atoms with E-state index in [0.29, 0.717) is 29.0 Å². The van der Waals surface area contributed by atoms with Gasteiger partial charge in [-0.25, -0.2) is 4.79 Å². The van der Waals surface area contributed by atoms with Crippen molar-refractivity contribution < 1.29 is 19.0 Å². The Hall–Kier alpha value is -3.28. The number of fused-ring (bicyclic) bond motifs is 2. The molecule has 25 heavy (non-hydrogen) atoms. The molecule has 6 heteroatoms. The van der Waals surface area contributed by atoms with Gasteiger partial charge in [-0.3, -0.25) is 4.79 Å². The van der Waals surface area contributed by atoms with Crippen molar-refractivity contribution in [2.45, 2.75) is 6.54 Å². The van der Waals surface area contributed by atoms with Crippen molar-refractivity contribution in [3.05, 3.63) is 70.1 Å². The van der Waals surface area contributed by atoms with Gasteiger partial charge in [-0.2, -0.15) is 0 Å². The first-order valence-electron chi connectivity index (χ1n) is 7.76. The fraction of sp³-hybridized carbons (Fsp3) is 0.158. The standard InChI is InChI=1S/C19H15NO5/c1-23-19(22)14-4-2-3-12(7-14)10-20-6-5-13-8-16-17(25-11-24-16)9-15(13)18(20)21/h2-9H,10-11H2,1H3. The molecule has 0 amide bonds. The van der Waals surface area contributed by atoms with Gasteiger partial charge in [-0.1, -0.05) is 12.1 Å². The van der Waals surface area contributed by atoms with Gasteiger partial charge >= 0.3 is 5.97 Å². The number of benzene rings is 2. The summed E-state index contributed by atoms with van der Waals surface area (Å²) in [6.07, 6.45) is 1.73. The minimum absolute atomic E-state index is 0.126. The Morgan fingerprint density at radius 1 is 1.16 bits per heavy atom. The molecule has 6 nitrogen and oxygen atoms in total. The van der Waals surface area contributed by atoms with Crippen LogP contribution in [0.2, 0.25) is 0 Å². The van der Waals surface area contributed by atoms with Crippen molar-refractivity contribution in [3.63, 3.8) is 0 Å². The van der Waals surface area contributed by atoms with E-state index in [1.165, 1.54) is 7.11 Å².